The molecule has 18 heavy (non-hydrogen) atoms. The van der Waals surface area contributed by atoms with Crippen molar-refractivity contribution in [3.8, 4) is 0 Å². The lowest BCUT2D eigenvalue weighted by molar-refractivity contribution is -0.148. The Morgan fingerprint density at radius 2 is 1.94 bits per heavy atom. The van der Waals surface area contributed by atoms with Crippen LogP contribution in [0.15, 0.2) is 0 Å². The number of unbranched alkanes of at least 4 members (excludes halogenated alkanes) is 1. The van der Waals surface area contributed by atoms with Crippen molar-refractivity contribution in [1.82, 2.24) is 5.32 Å². The number of amides is 1. The predicted molar refractivity (Wildman–Crippen MR) is 70.0 cm³/mol. The first kappa shape index (κ1) is 15.0. The lowest BCUT2D eigenvalue weighted by Crippen LogP contribution is -2.43. The van der Waals surface area contributed by atoms with E-state index < -0.39 is 6.04 Å². The van der Waals surface area contributed by atoms with Crippen LogP contribution in [-0.4, -0.2) is 24.5 Å². The number of esters is 1. The molecule has 0 aromatic heterocycles. The van der Waals surface area contributed by atoms with Crippen LogP contribution in [0.25, 0.3) is 0 Å². The smallest absolute Gasteiger partial charge is 0.328 e. The van der Waals surface area contributed by atoms with Crippen LogP contribution >= 0.6 is 0 Å². The minimum absolute atomic E-state index is 0.00893. The van der Waals surface area contributed by atoms with Gasteiger partial charge < -0.3 is 10.1 Å². The Hall–Kier alpha value is -1.06. The number of carbonyl (C=O) groups excluding carboxylic acids is 2. The van der Waals surface area contributed by atoms with Gasteiger partial charge in [0.1, 0.15) is 6.04 Å². The molecular formula is C14H25NO3. The highest BCUT2D eigenvalue weighted by Gasteiger charge is 2.24. The van der Waals surface area contributed by atoms with Gasteiger partial charge in [0, 0.05) is 5.92 Å². The van der Waals surface area contributed by atoms with Crippen LogP contribution in [0.5, 0.6) is 0 Å². The summed E-state index contributed by atoms with van der Waals surface area (Å²) in [6.45, 7) is 4.18. The van der Waals surface area contributed by atoms with Crippen molar-refractivity contribution in [3.05, 3.63) is 0 Å². The summed E-state index contributed by atoms with van der Waals surface area (Å²) in [5.74, 6) is -0.230. The second kappa shape index (κ2) is 8.11. The first-order chi connectivity index (χ1) is 8.65. The van der Waals surface area contributed by atoms with E-state index in [0.29, 0.717) is 6.61 Å². The first-order valence-electron chi connectivity index (χ1n) is 7.12. The van der Waals surface area contributed by atoms with Crippen molar-refractivity contribution in [1.29, 1.82) is 0 Å². The summed E-state index contributed by atoms with van der Waals surface area (Å²) in [5, 5.41) is 2.76. The van der Waals surface area contributed by atoms with Gasteiger partial charge in [0.05, 0.1) is 6.61 Å². The molecule has 0 aromatic carbocycles. The van der Waals surface area contributed by atoms with Crippen molar-refractivity contribution in [2.45, 2.75) is 64.8 Å². The normalized spacial score (nSPS) is 18.1. The van der Waals surface area contributed by atoms with E-state index in [0.717, 1.165) is 38.5 Å². The summed E-state index contributed by atoms with van der Waals surface area (Å²) in [5.41, 5.74) is 0. The summed E-state index contributed by atoms with van der Waals surface area (Å²) in [7, 11) is 0. The molecule has 1 saturated carbocycles. The summed E-state index contributed by atoms with van der Waals surface area (Å²) >= 11 is 0. The van der Waals surface area contributed by atoms with Crippen molar-refractivity contribution in [2.24, 2.45) is 5.92 Å². The SMILES string of the molecule is CCCCOC(=O)C(C)NC(=O)C1CCCCC1. The third-order valence-corrected chi connectivity index (χ3v) is 3.43. The molecule has 1 atom stereocenters. The topological polar surface area (TPSA) is 55.4 Å². The molecule has 0 bridgehead atoms. The molecule has 0 radical (unpaired) electrons. The summed E-state index contributed by atoms with van der Waals surface area (Å²) in [6, 6.07) is -0.531. The van der Waals surface area contributed by atoms with Crippen LogP contribution in [0.1, 0.15) is 58.8 Å². The monoisotopic (exact) mass is 255 g/mol. The van der Waals surface area contributed by atoms with Gasteiger partial charge in [0.2, 0.25) is 5.91 Å². The number of carbonyl (C=O) groups is 2. The zero-order valence-electron chi connectivity index (χ0n) is 11.5. The van der Waals surface area contributed by atoms with Crippen molar-refractivity contribution < 1.29 is 14.3 Å². The van der Waals surface area contributed by atoms with Gasteiger partial charge >= 0.3 is 5.97 Å². The van der Waals surface area contributed by atoms with E-state index in [1.807, 2.05) is 6.92 Å². The van der Waals surface area contributed by atoms with Gasteiger partial charge in [0.15, 0.2) is 0 Å². The average Bonchev–Trinajstić information content (AvgIpc) is 2.39. The molecule has 4 nitrogen and oxygen atoms in total. The first-order valence-corrected chi connectivity index (χ1v) is 7.12. The Morgan fingerprint density at radius 3 is 2.56 bits per heavy atom. The Labute approximate surface area is 109 Å². The van der Waals surface area contributed by atoms with E-state index in [1.165, 1.54) is 6.42 Å². The Balaban J connectivity index is 2.27. The fraction of sp³-hybridized carbons (Fsp3) is 0.857. The third kappa shape index (κ3) is 5.07. The largest absolute Gasteiger partial charge is 0.464 e. The molecule has 1 aliphatic carbocycles. The van der Waals surface area contributed by atoms with E-state index in [-0.39, 0.29) is 17.8 Å². The van der Waals surface area contributed by atoms with Crippen LogP contribution in [0, 0.1) is 5.92 Å². The zero-order chi connectivity index (χ0) is 13.4. The molecule has 1 fully saturated rings. The maximum absolute atomic E-state index is 11.9. The van der Waals surface area contributed by atoms with E-state index in [1.54, 1.807) is 6.92 Å². The minimum Gasteiger partial charge on any atom is -0.464 e. The number of hydrogen-bond acceptors (Lipinski definition) is 3. The number of hydrogen-bond donors (Lipinski definition) is 1. The molecule has 1 aliphatic rings. The van der Waals surface area contributed by atoms with Crippen LogP contribution in [-0.2, 0) is 14.3 Å². The van der Waals surface area contributed by atoms with Gasteiger partial charge in [-0.05, 0) is 26.2 Å². The molecule has 0 heterocycles. The van der Waals surface area contributed by atoms with Gasteiger partial charge in [-0.3, -0.25) is 4.79 Å². The molecule has 0 aromatic rings. The molecular weight excluding hydrogens is 230 g/mol. The second-order valence-electron chi connectivity index (χ2n) is 5.09. The van der Waals surface area contributed by atoms with Crippen molar-refractivity contribution >= 4 is 11.9 Å². The van der Waals surface area contributed by atoms with Gasteiger partial charge in [-0.25, -0.2) is 4.79 Å². The quantitative estimate of drug-likeness (QED) is 0.586. The molecule has 0 aliphatic heterocycles. The van der Waals surface area contributed by atoms with Crippen LogP contribution in [0.2, 0.25) is 0 Å². The molecule has 1 N–H and O–H groups in total. The fourth-order valence-electron chi connectivity index (χ4n) is 2.20. The van der Waals surface area contributed by atoms with Gasteiger partial charge in [-0.15, -0.1) is 0 Å². The van der Waals surface area contributed by atoms with Crippen molar-refractivity contribution in [3.63, 3.8) is 0 Å². The summed E-state index contributed by atoms with van der Waals surface area (Å²) < 4.78 is 5.08. The highest BCUT2D eigenvalue weighted by Crippen LogP contribution is 2.23. The summed E-state index contributed by atoms with van der Waals surface area (Å²) in [4.78, 5) is 23.5. The highest BCUT2D eigenvalue weighted by atomic mass is 16.5. The van der Waals surface area contributed by atoms with E-state index in [4.69, 9.17) is 4.74 Å². The molecule has 1 unspecified atom stereocenters. The van der Waals surface area contributed by atoms with E-state index in [2.05, 4.69) is 5.32 Å². The molecule has 0 spiro atoms. The Morgan fingerprint density at radius 1 is 1.28 bits per heavy atom. The van der Waals surface area contributed by atoms with Crippen LogP contribution in [0.4, 0.5) is 0 Å². The van der Waals surface area contributed by atoms with Gasteiger partial charge in [-0.1, -0.05) is 32.6 Å². The lowest BCUT2D eigenvalue weighted by Gasteiger charge is -2.22. The third-order valence-electron chi connectivity index (χ3n) is 3.43. The van der Waals surface area contributed by atoms with E-state index >= 15 is 0 Å². The lowest BCUT2D eigenvalue weighted by atomic mass is 9.88. The van der Waals surface area contributed by atoms with Gasteiger partial charge in [0.25, 0.3) is 0 Å². The molecule has 104 valence electrons. The second-order valence-corrected chi connectivity index (χ2v) is 5.09. The van der Waals surface area contributed by atoms with Crippen molar-refractivity contribution in [2.75, 3.05) is 6.61 Å². The Kier molecular flexibility index (Phi) is 6.76. The Bertz CT molecular complexity index is 272. The molecule has 1 rings (SSSR count). The fourth-order valence-corrected chi connectivity index (χ4v) is 2.20. The highest BCUT2D eigenvalue weighted by molar-refractivity contribution is 5.85. The van der Waals surface area contributed by atoms with Crippen LogP contribution < -0.4 is 5.32 Å². The minimum atomic E-state index is -0.531. The molecule has 0 saturated heterocycles. The predicted octanol–water partition coefficient (Wildman–Crippen LogP) is 2.41. The zero-order valence-corrected chi connectivity index (χ0v) is 11.5. The molecule has 1 amide bonds. The summed E-state index contributed by atoms with van der Waals surface area (Å²) in [6.07, 6.45) is 7.22. The van der Waals surface area contributed by atoms with Crippen LogP contribution in [0.3, 0.4) is 0 Å². The maximum Gasteiger partial charge on any atom is 0.328 e. The maximum atomic E-state index is 11.9. The number of ether oxygens (including phenoxy) is 1. The van der Waals surface area contributed by atoms with Gasteiger partial charge in [-0.2, -0.15) is 0 Å². The standard InChI is InChI=1S/C14H25NO3/c1-3-4-10-18-14(17)11(2)15-13(16)12-8-6-5-7-9-12/h11-12H,3-10H2,1-2H3,(H,15,16). The number of nitrogens with one attached hydrogen (secondary N) is 1. The number of rotatable bonds is 6. The van der Waals surface area contributed by atoms with E-state index in [9.17, 15) is 9.59 Å². The average molecular weight is 255 g/mol. The molecule has 4 heteroatoms.